The number of rotatable bonds is 7. The van der Waals surface area contributed by atoms with E-state index in [1.807, 2.05) is 0 Å². The molecule has 0 bridgehead atoms. The van der Waals surface area contributed by atoms with Crippen molar-refractivity contribution in [3.05, 3.63) is 0 Å². The molecule has 2 saturated heterocycles. The summed E-state index contributed by atoms with van der Waals surface area (Å²) in [6.07, 6.45) is 3.26. The van der Waals surface area contributed by atoms with E-state index in [0.29, 0.717) is 45.2 Å². The summed E-state index contributed by atoms with van der Waals surface area (Å²) in [4.78, 5) is 40.7. The number of hydrogen-bond donors (Lipinski definition) is 4. The lowest BCUT2D eigenvalue weighted by Gasteiger charge is -2.42. The summed E-state index contributed by atoms with van der Waals surface area (Å²) in [5.74, 6) is -1.16. The minimum Gasteiger partial charge on any atom is -0.393 e. The van der Waals surface area contributed by atoms with Crippen LogP contribution in [0.3, 0.4) is 0 Å². The molecule has 3 fully saturated rings. The quantitative estimate of drug-likeness (QED) is 0.420. The Bertz CT molecular complexity index is 642. The van der Waals surface area contributed by atoms with Gasteiger partial charge >= 0.3 is 0 Å². The number of carbonyl (C=O) groups excluding carboxylic acids is 3. The third-order valence-corrected chi connectivity index (χ3v) is 6.90. The van der Waals surface area contributed by atoms with Gasteiger partial charge in [-0.05, 0) is 63.7 Å². The predicted molar refractivity (Wildman–Crippen MR) is 105 cm³/mol. The lowest BCUT2D eigenvalue weighted by molar-refractivity contribution is -0.148. The van der Waals surface area contributed by atoms with Crippen LogP contribution in [-0.4, -0.2) is 81.2 Å². The van der Waals surface area contributed by atoms with Gasteiger partial charge in [0.2, 0.25) is 17.7 Å². The Labute approximate surface area is 171 Å². The fraction of sp³-hybridized carbons (Fsp3) is 0.850. The van der Waals surface area contributed by atoms with Crippen LogP contribution in [0.15, 0.2) is 0 Å². The first-order chi connectivity index (χ1) is 13.7. The Morgan fingerprint density at radius 2 is 1.62 bits per heavy atom. The van der Waals surface area contributed by atoms with Gasteiger partial charge in [-0.2, -0.15) is 0 Å². The Balaban J connectivity index is 1.65. The van der Waals surface area contributed by atoms with Crippen molar-refractivity contribution < 1.29 is 24.6 Å². The fourth-order valence-corrected chi connectivity index (χ4v) is 5.18. The average molecular weight is 411 g/mol. The zero-order valence-corrected chi connectivity index (χ0v) is 17.1. The number of hydrogen-bond acceptors (Lipinski definition) is 6. The summed E-state index contributed by atoms with van der Waals surface area (Å²) >= 11 is 0. The number of carbonyl (C=O) groups is 3. The number of aliphatic hydroxyl groups is 2. The molecule has 0 spiro atoms. The van der Waals surface area contributed by atoms with Crippen LogP contribution in [-0.2, 0) is 14.4 Å². The summed E-state index contributed by atoms with van der Waals surface area (Å²) in [5.41, 5.74) is 11.6. The van der Waals surface area contributed by atoms with Crippen molar-refractivity contribution in [3.63, 3.8) is 0 Å². The van der Waals surface area contributed by atoms with E-state index >= 15 is 0 Å². The molecule has 0 aromatic carbocycles. The first kappa shape index (κ1) is 22.0. The molecule has 1 aliphatic carbocycles. The standard InChI is InChI=1S/C20H34N4O5/c1-11(25)10-12-6-7-13(12)17(26)16(21)20(29)24-9-3-5-15(24)19(28)23-8-2-4-14(23)18(22)27/h11-17,25-26H,2-10,21H2,1H3,(H2,22,27)/t11-,12?,13?,14+,15?,16+,17-/m1/s1. The second-order valence-corrected chi connectivity index (χ2v) is 8.88. The van der Waals surface area contributed by atoms with Crippen LogP contribution < -0.4 is 11.5 Å². The first-order valence-electron chi connectivity index (χ1n) is 10.7. The Kier molecular flexibility index (Phi) is 6.80. The largest absolute Gasteiger partial charge is 0.393 e. The molecule has 3 rings (SSSR count). The second kappa shape index (κ2) is 8.97. The number of likely N-dealkylation sites (tertiary alicyclic amines) is 2. The zero-order chi connectivity index (χ0) is 21.3. The molecule has 0 aromatic rings. The van der Waals surface area contributed by atoms with Crippen molar-refractivity contribution in [3.8, 4) is 0 Å². The molecule has 164 valence electrons. The van der Waals surface area contributed by atoms with Gasteiger partial charge in [-0.3, -0.25) is 14.4 Å². The molecule has 2 aliphatic heterocycles. The minimum absolute atomic E-state index is 0.113. The van der Waals surface area contributed by atoms with Crippen molar-refractivity contribution in [1.82, 2.24) is 9.80 Å². The fourth-order valence-electron chi connectivity index (χ4n) is 5.18. The van der Waals surface area contributed by atoms with E-state index in [1.165, 1.54) is 9.80 Å². The number of nitrogens with zero attached hydrogens (tertiary/aromatic N) is 2. The highest BCUT2D eigenvalue weighted by molar-refractivity contribution is 5.93. The van der Waals surface area contributed by atoms with Gasteiger partial charge in [-0.25, -0.2) is 0 Å². The summed E-state index contributed by atoms with van der Waals surface area (Å²) in [6.45, 7) is 2.58. The van der Waals surface area contributed by atoms with E-state index in [0.717, 1.165) is 12.8 Å². The molecule has 29 heavy (non-hydrogen) atoms. The van der Waals surface area contributed by atoms with Crippen LogP contribution in [0.4, 0.5) is 0 Å². The number of nitrogens with two attached hydrogens (primary N) is 2. The molecule has 9 nitrogen and oxygen atoms in total. The molecule has 0 aromatic heterocycles. The predicted octanol–water partition coefficient (Wildman–Crippen LogP) is -1.06. The van der Waals surface area contributed by atoms with Crippen LogP contribution >= 0.6 is 0 Å². The first-order valence-corrected chi connectivity index (χ1v) is 10.7. The Hall–Kier alpha value is -1.71. The van der Waals surface area contributed by atoms with E-state index in [-0.39, 0.29) is 17.7 Å². The molecular weight excluding hydrogens is 376 g/mol. The zero-order valence-electron chi connectivity index (χ0n) is 17.1. The smallest absolute Gasteiger partial charge is 0.246 e. The lowest BCUT2D eigenvalue weighted by Crippen LogP contribution is -2.58. The van der Waals surface area contributed by atoms with Gasteiger partial charge in [0.15, 0.2) is 0 Å². The summed E-state index contributed by atoms with van der Waals surface area (Å²) in [5, 5.41) is 20.3. The van der Waals surface area contributed by atoms with E-state index in [9.17, 15) is 24.6 Å². The maximum absolute atomic E-state index is 13.0. The number of aliphatic hydroxyl groups excluding tert-OH is 2. The third kappa shape index (κ3) is 4.41. The highest BCUT2D eigenvalue weighted by atomic mass is 16.3. The average Bonchev–Trinajstić information content (AvgIpc) is 3.32. The molecule has 7 atom stereocenters. The Morgan fingerprint density at radius 3 is 2.17 bits per heavy atom. The molecule has 3 amide bonds. The number of primary amides is 1. The third-order valence-electron chi connectivity index (χ3n) is 6.90. The van der Waals surface area contributed by atoms with Crippen LogP contribution in [0, 0.1) is 11.8 Å². The molecule has 3 aliphatic rings. The lowest BCUT2D eigenvalue weighted by atomic mass is 9.67. The van der Waals surface area contributed by atoms with Crippen molar-refractivity contribution >= 4 is 17.7 Å². The van der Waals surface area contributed by atoms with Crippen molar-refractivity contribution in [2.24, 2.45) is 23.3 Å². The van der Waals surface area contributed by atoms with E-state index in [4.69, 9.17) is 11.5 Å². The molecule has 3 unspecified atom stereocenters. The van der Waals surface area contributed by atoms with Gasteiger partial charge in [0.25, 0.3) is 0 Å². The maximum atomic E-state index is 13.0. The minimum atomic E-state index is -1.10. The van der Waals surface area contributed by atoms with Gasteiger partial charge in [0, 0.05) is 13.1 Å². The second-order valence-electron chi connectivity index (χ2n) is 8.88. The molecular formula is C20H34N4O5. The maximum Gasteiger partial charge on any atom is 0.246 e. The van der Waals surface area contributed by atoms with Gasteiger partial charge in [-0.15, -0.1) is 0 Å². The molecule has 9 heteroatoms. The van der Waals surface area contributed by atoms with Crippen molar-refractivity contribution in [2.45, 2.75) is 82.2 Å². The van der Waals surface area contributed by atoms with Crippen molar-refractivity contribution in [1.29, 1.82) is 0 Å². The van der Waals surface area contributed by atoms with Gasteiger partial charge in [0.1, 0.15) is 18.1 Å². The highest BCUT2D eigenvalue weighted by Gasteiger charge is 2.46. The van der Waals surface area contributed by atoms with E-state index in [2.05, 4.69) is 0 Å². The highest BCUT2D eigenvalue weighted by Crippen LogP contribution is 2.41. The Morgan fingerprint density at radius 1 is 1.00 bits per heavy atom. The summed E-state index contributed by atoms with van der Waals surface area (Å²) < 4.78 is 0. The normalized spacial score (nSPS) is 32.6. The number of amides is 3. The SMILES string of the molecule is C[C@@H](O)CC1CCC1[C@@H](O)[C@H](N)C(=O)N1CCCC1C(=O)N1CCC[C@H]1C(N)=O. The van der Waals surface area contributed by atoms with Crippen molar-refractivity contribution in [2.75, 3.05) is 13.1 Å². The molecule has 2 heterocycles. The topological polar surface area (TPSA) is 150 Å². The van der Waals surface area contributed by atoms with E-state index < -0.39 is 42.1 Å². The summed E-state index contributed by atoms with van der Waals surface area (Å²) in [7, 11) is 0. The van der Waals surface area contributed by atoms with Crippen LogP contribution in [0.25, 0.3) is 0 Å². The molecule has 6 N–H and O–H groups in total. The monoisotopic (exact) mass is 410 g/mol. The van der Waals surface area contributed by atoms with E-state index in [1.54, 1.807) is 6.92 Å². The molecule has 0 radical (unpaired) electrons. The molecule has 1 saturated carbocycles. The van der Waals surface area contributed by atoms with Gasteiger partial charge < -0.3 is 31.5 Å². The van der Waals surface area contributed by atoms with Gasteiger partial charge in [-0.1, -0.05) is 0 Å². The van der Waals surface area contributed by atoms with Crippen LogP contribution in [0.1, 0.15) is 51.9 Å². The summed E-state index contributed by atoms with van der Waals surface area (Å²) in [6, 6.07) is -2.37. The van der Waals surface area contributed by atoms with Crippen LogP contribution in [0.5, 0.6) is 0 Å². The van der Waals surface area contributed by atoms with Crippen LogP contribution in [0.2, 0.25) is 0 Å². The van der Waals surface area contributed by atoms with Gasteiger partial charge in [0.05, 0.1) is 12.2 Å².